The quantitative estimate of drug-likeness (QED) is 0.742. The summed E-state index contributed by atoms with van der Waals surface area (Å²) in [6, 6.07) is -0.496. The van der Waals surface area contributed by atoms with E-state index in [9.17, 15) is 8.42 Å². The van der Waals surface area contributed by atoms with Crippen LogP contribution in [0.3, 0.4) is 0 Å². The van der Waals surface area contributed by atoms with Gasteiger partial charge in [-0.2, -0.15) is 4.31 Å². The molecule has 1 aromatic heterocycles. The first-order chi connectivity index (χ1) is 7.93. The molecule has 1 atom stereocenters. The predicted octanol–water partition coefficient (Wildman–Crippen LogP) is -0.480. The van der Waals surface area contributed by atoms with Gasteiger partial charge in [-0.1, -0.05) is 0 Å². The molecule has 1 heterocycles. The van der Waals surface area contributed by atoms with Crippen molar-refractivity contribution in [3.8, 4) is 0 Å². The van der Waals surface area contributed by atoms with Crippen LogP contribution in [0.1, 0.15) is 6.92 Å². The number of aromatic nitrogens is 2. The van der Waals surface area contributed by atoms with Crippen molar-refractivity contribution in [2.24, 2.45) is 0 Å². The number of sulfonamides is 1. The van der Waals surface area contributed by atoms with Crippen LogP contribution in [-0.2, 0) is 10.0 Å². The topological polar surface area (TPSA) is 95.4 Å². The van der Waals surface area contributed by atoms with Crippen LogP contribution in [0.4, 0.5) is 5.95 Å². The summed E-state index contributed by atoms with van der Waals surface area (Å²) < 4.78 is 25.2. The summed E-state index contributed by atoms with van der Waals surface area (Å²) >= 11 is 0. The number of hydrogen-bond acceptors (Lipinski definition) is 6. The SMILES string of the molecule is CNc1ncc(S(=O)(=O)N(C)C(C)CO)cn1. The van der Waals surface area contributed by atoms with Crippen molar-refractivity contribution in [2.45, 2.75) is 17.9 Å². The number of hydrogen-bond donors (Lipinski definition) is 2. The molecule has 7 nitrogen and oxygen atoms in total. The molecule has 1 rings (SSSR count). The standard InChI is InChI=1S/C9H16N4O3S/c1-7(6-14)13(3)17(15,16)8-4-11-9(10-2)12-5-8/h4-5,7,14H,6H2,1-3H3,(H,10,11,12). The molecule has 8 heteroatoms. The van der Waals surface area contributed by atoms with E-state index in [4.69, 9.17) is 5.11 Å². The van der Waals surface area contributed by atoms with Gasteiger partial charge in [0.1, 0.15) is 4.90 Å². The highest BCUT2D eigenvalue weighted by molar-refractivity contribution is 7.89. The minimum Gasteiger partial charge on any atom is -0.395 e. The zero-order valence-electron chi connectivity index (χ0n) is 9.95. The third-order valence-electron chi connectivity index (χ3n) is 2.41. The van der Waals surface area contributed by atoms with E-state index >= 15 is 0 Å². The van der Waals surface area contributed by atoms with Gasteiger partial charge in [-0.05, 0) is 6.92 Å². The van der Waals surface area contributed by atoms with E-state index in [-0.39, 0.29) is 11.5 Å². The Kier molecular flexibility index (Phi) is 4.38. The Balaban J connectivity index is 3.04. The molecule has 0 bridgehead atoms. The van der Waals surface area contributed by atoms with Crippen LogP contribution in [0, 0.1) is 0 Å². The molecule has 0 radical (unpaired) electrons. The van der Waals surface area contributed by atoms with Crippen molar-refractivity contribution in [3.63, 3.8) is 0 Å². The van der Waals surface area contributed by atoms with Crippen molar-refractivity contribution in [1.29, 1.82) is 0 Å². The van der Waals surface area contributed by atoms with Gasteiger partial charge in [-0.3, -0.25) is 0 Å². The van der Waals surface area contributed by atoms with E-state index in [1.54, 1.807) is 14.0 Å². The van der Waals surface area contributed by atoms with E-state index < -0.39 is 16.1 Å². The minimum absolute atomic E-state index is 0.000648. The van der Waals surface area contributed by atoms with E-state index in [2.05, 4.69) is 15.3 Å². The van der Waals surface area contributed by atoms with Crippen molar-refractivity contribution in [1.82, 2.24) is 14.3 Å². The first-order valence-electron chi connectivity index (χ1n) is 5.02. The minimum atomic E-state index is -3.65. The second-order valence-electron chi connectivity index (χ2n) is 3.55. The number of nitrogens with one attached hydrogen (secondary N) is 1. The summed E-state index contributed by atoms with van der Waals surface area (Å²) in [4.78, 5) is 7.68. The monoisotopic (exact) mass is 260 g/mol. The molecule has 2 N–H and O–H groups in total. The van der Waals surface area contributed by atoms with E-state index in [1.807, 2.05) is 0 Å². The predicted molar refractivity (Wildman–Crippen MR) is 63.1 cm³/mol. The van der Waals surface area contributed by atoms with E-state index in [1.165, 1.54) is 19.4 Å². The van der Waals surface area contributed by atoms with Crippen LogP contribution >= 0.6 is 0 Å². The van der Waals surface area contributed by atoms with Gasteiger partial charge in [0.15, 0.2) is 0 Å². The van der Waals surface area contributed by atoms with Crippen molar-refractivity contribution < 1.29 is 13.5 Å². The first-order valence-corrected chi connectivity index (χ1v) is 6.46. The molecule has 0 aromatic carbocycles. The zero-order chi connectivity index (χ0) is 13.1. The first kappa shape index (κ1) is 13.8. The lowest BCUT2D eigenvalue weighted by Gasteiger charge is -2.22. The molecule has 0 saturated heterocycles. The van der Waals surface area contributed by atoms with Gasteiger partial charge in [0.25, 0.3) is 0 Å². The summed E-state index contributed by atoms with van der Waals surface area (Å²) in [6.45, 7) is 1.37. The molecule has 96 valence electrons. The Hall–Kier alpha value is -1.25. The Labute approximate surface area is 101 Å². The highest BCUT2D eigenvalue weighted by Crippen LogP contribution is 2.15. The molecule has 1 aromatic rings. The smallest absolute Gasteiger partial charge is 0.246 e. The van der Waals surface area contributed by atoms with Crippen molar-refractivity contribution >= 4 is 16.0 Å². The Morgan fingerprint density at radius 3 is 2.41 bits per heavy atom. The number of aliphatic hydroxyl groups excluding tert-OH is 1. The number of aliphatic hydroxyl groups is 1. The Morgan fingerprint density at radius 1 is 1.47 bits per heavy atom. The molecule has 0 aliphatic heterocycles. The maximum absolute atomic E-state index is 12.0. The van der Waals surface area contributed by atoms with Crippen LogP contribution in [0.15, 0.2) is 17.3 Å². The fourth-order valence-electron chi connectivity index (χ4n) is 1.10. The molecule has 0 aliphatic rings. The molecule has 0 saturated carbocycles. The van der Waals surface area contributed by atoms with Gasteiger partial charge in [0.2, 0.25) is 16.0 Å². The highest BCUT2D eigenvalue weighted by Gasteiger charge is 2.25. The van der Waals surface area contributed by atoms with Crippen LogP contribution in [-0.4, -0.2) is 54.5 Å². The molecule has 17 heavy (non-hydrogen) atoms. The second kappa shape index (κ2) is 5.39. The van der Waals surface area contributed by atoms with Crippen LogP contribution in [0.25, 0.3) is 0 Å². The molecule has 0 spiro atoms. The average molecular weight is 260 g/mol. The van der Waals surface area contributed by atoms with Crippen molar-refractivity contribution in [2.75, 3.05) is 26.0 Å². The molecule has 1 unspecified atom stereocenters. The Morgan fingerprint density at radius 2 is 2.00 bits per heavy atom. The van der Waals surface area contributed by atoms with Crippen LogP contribution < -0.4 is 5.32 Å². The summed E-state index contributed by atoms with van der Waals surface area (Å²) in [6.07, 6.45) is 2.46. The lowest BCUT2D eigenvalue weighted by molar-refractivity contribution is 0.214. The molecular weight excluding hydrogens is 244 g/mol. The average Bonchev–Trinajstić information content (AvgIpc) is 2.36. The zero-order valence-corrected chi connectivity index (χ0v) is 10.8. The molecule has 0 amide bonds. The number of nitrogens with zero attached hydrogens (tertiary/aromatic N) is 3. The summed E-state index contributed by atoms with van der Waals surface area (Å²) in [7, 11) is -0.607. The van der Waals surface area contributed by atoms with Crippen molar-refractivity contribution in [3.05, 3.63) is 12.4 Å². The fourth-order valence-corrected chi connectivity index (χ4v) is 2.34. The Bertz CT molecular complexity index is 460. The van der Waals surface area contributed by atoms with Crippen LogP contribution in [0.2, 0.25) is 0 Å². The number of likely N-dealkylation sites (N-methyl/N-ethyl adjacent to an activating group) is 1. The summed E-state index contributed by atoms with van der Waals surface area (Å²) in [5, 5.41) is 11.6. The molecular formula is C9H16N4O3S. The third kappa shape index (κ3) is 2.90. The van der Waals surface area contributed by atoms with E-state index in [0.29, 0.717) is 5.95 Å². The fraction of sp³-hybridized carbons (Fsp3) is 0.556. The number of rotatable bonds is 5. The van der Waals surface area contributed by atoms with Gasteiger partial charge in [-0.25, -0.2) is 18.4 Å². The van der Waals surface area contributed by atoms with Gasteiger partial charge in [-0.15, -0.1) is 0 Å². The van der Waals surface area contributed by atoms with Gasteiger partial charge >= 0.3 is 0 Å². The normalized spacial score (nSPS) is 13.7. The lowest BCUT2D eigenvalue weighted by Crippen LogP contribution is -2.37. The van der Waals surface area contributed by atoms with Crippen LogP contribution in [0.5, 0.6) is 0 Å². The maximum atomic E-state index is 12.0. The largest absolute Gasteiger partial charge is 0.395 e. The third-order valence-corrected chi connectivity index (χ3v) is 4.34. The number of anilines is 1. The lowest BCUT2D eigenvalue weighted by atomic mass is 10.4. The second-order valence-corrected chi connectivity index (χ2v) is 5.54. The van der Waals surface area contributed by atoms with Gasteiger partial charge < -0.3 is 10.4 Å². The summed E-state index contributed by atoms with van der Waals surface area (Å²) in [5.41, 5.74) is 0. The molecule has 0 fully saturated rings. The van der Waals surface area contributed by atoms with E-state index in [0.717, 1.165) is 4.31 Å². The maximum Gasteiger partial charge on any atom is 0.246 e. The van der Waals surface area contributed by atoms with Gasteiger partial charge in [0, 0.05) is 20.1 Å². The highest BCUT2D eigenvalue weighted by atomic mass is 32.2. The summed E-state index contributed by atoms with van der Waals surface area (Å²) in [5.74, 6) is 0.349. The molecule has 0 aliphatic carbocycles. The van der Waals surface area contributed by atoms with Gasteiger partial charge in [0.05, 0.1) is 19.0 Å².